The number of nitrogens with two attached hydrogens (primary N) is 1. The van der Waals surface area contributed by atoms with Crippen molar-refractivity contribution in [3.05, 3.63) is 41.6 Å². The zero-order chi connectivity index (χ0) is 20.6. The monoisotopic (exact) mass is 521 g/mol. The lowest BCUT2D eigenvalue weighted by Crippen LogP contribution is -2.46. The fourth-order valence-corrected chi connectivity index (χ4v) is 3.78. The van der Waals surface area contributed by atoms with Crippen molar-refractivity contribution in [2.75, 3.05) is 31.9 Å². The maximum atomic E-state index is 9.54. The number of nitriles is 1. The molecular weight excluding hydrogens is 489 g/mol. The first-order valence-corrected chi connectivity index (χ1v) is 10.5. The molecule has 30 heavy (non-hydrogen) atoms. The molecule has 0 aliphatic carbocycles. The molecule has 1 fully saturated rings. The van der Waals surface area contributed by atoms with Crippen molar-refractivity contribution in [3.63, 3.8) is 0 Å². The van der Waals surface area contributed by atoms with Gasteiger partial charge in [-0.15, -0.1) is 24.0 Å². The van der Waals surface area contributed by atoms with Crippen LogP contribution in [0.2, 0.25) is 0 Å². The summed E-state index contributed by atoms with van der Waals surface area (Å²) in [7, 11) is 0. The standard InChI is InChI=1S/C22H31N7.HI/c1-3-25-22(28-14-8-9-17(2)16-28)26-13-7-12-20-19(15-23)21(24)29(27-20)18-10-5-4-6-11-18;/h4-6,10-11,17H,3,7-9,12-14,16,24H2,1-2H3,(H,25,26);1H. The van der Waals surface area contributed by atoms with E-state index in [0.717, 1.165) is 43.4 Å². The predicted molar refractivity (Wildman–Crippen MR) is 132 cm³/mol. The van der Waals surface area contributed by atoms with E-state index in [2.05, 4.69) is 35.2 Å². The molecule has 1 saturated heterocycles. The topological polar surface area (TPSA) is 95.3 Å². The van der Waals surface area contributed by atoms with E-state index < -0.39 is 0 Å². The summed E-state index contributed by atoms with van der Waals surface area (Å²) in [5.74, 6) is 2.09. The van der Waals surface area contributed by atoms with Gasteiger partial charge in [-0.2, -0.15) is 10.4 Å². The molecule has 2 aromatic rings. The Bertz CT molecular complexity index is 870. The summed E-state index contributed by atoms with van der Waals surface area (Å²) in [6, 6.07) is 11.9. The number of rotatable bonds is 6. The minimum atomic E-state index is 0. The fraction of sp³-hybridized carbons (Fsp3) is 0.500. The summed E-state index contributed by atoms with van der Waals surface area (Å²) in [6.07, 6.45) is 4.00. The normalized spacial score (nSPS) is 16.6. The lowest BCUT2D eigenvalue weighted by Gasteiger charge is -2.33. The third-order valence-electron chi connectivity index (χ3n) is 5.23. The van der Waals surface area contributed by atoms with E-state index in [1.54, 1.807) is 4.68 Å². The van der Waals surface area contributed by atoms with Crippen molar-refractivity contribution < 1.29 is 0 Å². The smallest absolute Gasteiger partial charge is 0.193 e. The highest BCUT2D eigenvalue weighted by Gasteiger charge is 2.19. The molecule has 1 aromatic carbocycles. The van der Waals surface area contributed by atoms with E-state index in [1.165, 1.54) is 12.8 Å². The molecule has 0 radical (unpaired) electrons. The van der Waals surface area contributed by atoms with Crippen LogP contribution >= 0.6 is 24.0 Å². The summed E-state index contributed by atoms with van der Waals surface area (Å²) >= 11 is 0. The van der Waals surface area contributed by atoms with Crippen LogP contribution in [0.4, 0.5) is 5.82 Å². The number of guanidine groups is 1. The van der Waals surface area contributed by atoms with E-state index in [4.69, 9.17) is 10.7 Å². The maximum Gasteiger partial charge on any atom is 0.193 e. The lowest BCUT2D eigenvalue weighted by atomic mass is 10.0. The van der Waals surface area contributed by atoms with Gasteiger partial charge < -0.3 is 16.0 Å². The highest BCUT2D eigenvalue weighted by atomic mass is 127. The number of piperidine rings is 1. The van der Waals surface area contributed by atoms with Crippen molar-refractivity contribution in [1.29, 1.82) is 5.26 Å². The number of aliphatic imine (C=N–C) groups is 1. The number of aromatic nitrogens is 2. The highest BCUT2D eigenvalue weighted by Crippen LogP contribution is 2.21. The second-order valence-corrected chi connectivity index (χ2v) is 7.60. The van der Waals surface area contributed by atoms with E-state index in [-0.39, 0.29) is 24.0 Å². The Hall–Kier alpha value is -2.28. The van der Waals surface area contributed by atoms with Gasteiger partial charge in [0.15, 0.2) is 5.96 Å². The second-order valence-electron chi connectivity index (χ2n) is 7.60. The Balaban J connectivity index is 0.00000320. The lowest BCUT2D eigenvalue weighted by molar-refractivity contribution is 0.266. The number of anilines is 1. The number of nitrogens with zero attached hydrogens (tertiary/aromatic N) is 5. The van der Waals surface area contributed by atoms with Gasteiger partial charge in [-0.1, -0.05) is 25.1 Å². The molecule has 1 aliphatic heterocycles. The SMILES string of the molecule is CCNC(=NCCCc1nn(-c2ccccc2)c(N)c1C#N)N1CCCC(C)C1.I. The van der Waals surface area contributed by atoms with E-state index in [0.29, 0.717) is 30.3 Å². The van der Waals surface area contributed by atoms with Gasteiger partial charge in [-0.3, -0.25) is 4.99 Å². The van der Waals surface area contributed by atoms with Crippen molar-refractivity contribution in [2.24, 2.45) is 10.9 Å². The third kappa shape index (κ3) is 5.88. The molecule has 8 heteroatoms. The van der Waals surface area contributed by atoms with Gasteiger partial charge in [0.1, 0.15) is 17.5 Å². The van der Waals surface area contributed by atoms with Gasteiger partial charge in [-0.25, -0.2) is 4.68 Å². The quantitative estimate of drug-likeness (QED) is 0.262. The van der Waals surface area contributed by atoms with E-state index >= 15 is 0 Å². The molecule has 0 amide bonds. The number of likely N-dealkylation sites (tertiary alicyclic amines) is 1. The average molecular weight is 521 g/mol. The Kier molecular flexibility index (Phi) is 9.43. The van der Waals surface area contributed by atoms with Gasteiger partial charge in [0.25, 0.3) is 0 Å². The fourth-order valence-electron chi connectivity index (χ4n) is 3.78. The van der Waals surface area contributed by atoms with Crippen molar-refractivity contribution in [3.8, 4) is 11.8 Å². The number of hydrogen-bond acceptors (Lipinski definition) is 4. The Labute approximate surface area is 196 Å². The molecule has 3 rings (SSSR count). The number of halogens is 1. The summed E-state index contributed by atoms with van der Waals surface area (Å²) in [6.45, 7) is 8.07. The molecule has 1 atom stereocenters. The molecule has 0 saturated carbocycles. The van der Waals surface area contributed by atoms with E-state index in [1.807, 2.05) is 30.3 Å². The van der Waals surface area contributed by atoms with Crippen LogP contribution < -0.4 is 11.1 Å². The van der Waals surface area contributed by atoms with Crippen molar-refractivity contribution >= 4 is 35.8 Å². The zero-order valence-corrected chi connectivity index (χ0v) is 20.2. The molecule has 3 N–H and O–H groups in total. The van der Waals surface area contributed by atoms with Crippen LogP contribution in [0.3, 0.4) is 0 Å². The Morgan fingerprint density at radius 1 is 1.37 bits per heavy atom. The number of benzene rings is 1. The van der Waals surface area contributed by atoms with Crippen LogP contribution in [0, 0.1) is 17.2 Å². The van der Waals surface area contributed by atoms with Crippen LogP contribution in [0.5, 0.6) is 0 Å². The molecule has 0 bridgehead atoms. The minimum Gasteiger partial charge on any atom is -0.382 e. The number of nitrogen functional groups attached to an aromatic ring is 1. The third-order valence-corrected chi connectivity index (χ3v) is 5.23. The van der Waals surface area contributed by atoms with Crippen LogP contribution in [-0.2, 0) is 6.42 Å². The molecule has 2 heterocycles. The molecule has 7 nitrogen and oxygen atoms in total. The Morgan fingerprint density at radius 2 is 2.13 bits per heavy atom. The van der Waals surface area contributed by atoms with Crippen LogP contribution in [0.15, 0.2) is 35.3 Å². The summed E-state index contributed by atoms with van der Waals surface area (Å²) < 4.78 is 1.65. The Morgan fingerprint density at radius 3 is 2.80 bits per heavy atom. The van der Waals surface area contributed by atoms with Gasteiger partial charge in [0.2, 0.25) is 0 Å². The molecule has 0 spiro atoms. The number of para-hydroxylation sites is 1. The first kappa shape index (κ1) is 24.0. The predicted octanol–water partition coefficient (Wildman–Crippen LogP) is 3.57. The second kappa shape index (κ2) is 11.8. The highest BCUT2D eigenvalue weighted by molar-refractivity contribution is 14.0. The maximum absolute atomic E-state index is 9.54. The number of aryl methyl sites for hydroxylation is 1. The summed E-state index contributed by atoms with van der Waals surface area (Å²) in [5.41, 5.74) is 8.25. The zero-order valence-electron chi connectivity index (χ0n) is 17.8. The first-order chi connectivity index (χ1) is 14.1. The van der Waals surface area contributed by atoms with Crippen LogP contribution in [-0.4, -0.2) is 46.8 Å². The van der Waals surface area contributed by atoms with E-state index in [9.17, 15) is 5.26 Å². The number of nitrogens with one attached hydrogen (secondary N) is 1. The summed E-state index contributed by atoms with van der Waals surface area (Å²) in [5, 5.41) is 17.6. The number of hydrogen-bond donors (Lipinski definition) is 2. The van der Waals surface area contributed by atoms with Crippen LogP contribution in [0.25, 0.3) is 5.69 Å². The first-order valence-electron chi connectivity index (χ1n) is 10.5. The van der Waals surface area contributed by atoms with Crippen molar-refractivity contribution in [2.45, 2.75) is 39.5 Å². The van der Waals surface area contributed by atoms with Gasteiger partial charge in [0.05, 0.1) is 11.4 Å². The summed E-state index contributed by atoms with van der Waals surface area (Å²) in [4.78, 5) is 7.17. The average Bonchev–Trinajstić information content (AvgIpc) is 3.06. The van der Waals surface area contributed by atoms with Gasteiger partial charge in [-0.05, 0) is 50.7 Å². The molecular formula is C22H32IN7. The molecule has 1 aromatic heterocycles. The largest absolute Gasteiger partial charge is 0.382 e. The van der Waals surface area contributed by atoms with Gasteiger partial charge in [0, 0.05) is 26.2 Å². The minimum absolute atomic E-state index is 0. The molecule has 1 aliphatic rings. The molecule has 1 unspecified atom stereocenters. The van der Waals surface area contributed by atoms with Crippen LogP contribution in [0.1, 0.15) is 44.4 Å². The van der Waals surface area contributed by atoms with Gasteiger partial charge >= 0.3 is 0 Å². The van der Waals surface area contributed by atoms with Crippen molar-refractivity contribution in [1.82, 2.24) is 20.0 Å². The molecule has 162 valence electrons.